The van der Waals surface area contributed by atoms with Gasteiger partial charge in [-0.1, -0.05) is 22.9 Å². The summed E-state index contributed by atoms with van der Waals surface area (Å²) in [6.07, 6.45) is 0. The molecule has 0 atom stereocenters. The minimum Gasteiger partial charge on any atom is -0.495 e. The molecule has 1 amide bonds. The lowest BCUT2D eigenvalue weighted by atomic mass is 10.1. The summed E-state index contributed by atoms with van der Waals surface area (Å²) in [6.45, 7) is 2.04. The zero-order valence-corrected chi connectivity index (χ0v) is 18.4. The van der Waals surface area contributed by atoms with Crippen LogP contribution in [-0.4, -0.2) is 61.1 Å². The molecule has 4 rings (SSSR count). The van der Waals surface area contributed by atoms with Crippen LogP contribution in [0.5, 0.6) is 11.5 Å². The first-order valence-electron chi connectivity index (χ1n) is 9.42. The van der Waals surface area contributed by atoms with Crippen LogP contribution in [0.25, 0.3) is 10.2 Å². The number of piperazine rings is 1. The molecule has 1 aliphatic heterocycles. The van der Waals surface area contributed by atoms with E-state index in [-0.39, 0.29) is 22.2 Å². The highest BCUT2D eigenvalue weighted by atomic mass is 35.5. The summed E-state index contributed by atoms with van der Waals surface area (Å²) in [5.41, 5.74) is 0.714. The molecule has 11 heteroatoms. The van der Waals surface area contributed by atoms with Crippen LogP contribution < -0.4 is 14.4 Å². The SMILES string of the molecule is COc1ccc(OC)c2sc(N3CCN(C(=O)c4cc([N+](=O)[O-])ccc4Cl)CC3)nc12. The molecule has 1 aromatic heterocycles. The van der Waals surface area contributed by atoms with Crippen molar-refractivity contribution < 1.29 is 19.2 Å². The number of carbonyl (C=O) groups is 1. The normalized spacial score (nSPS) is 14.0. The van der Waals surface area contributed by atoms with Gasteiger partial charge in [-0.3, -0.25) is 14.9 Å². The van der Waals surface area contributed by atoms with Gasteiger partial charge in [0.1, 0.15) is 21.7 Å². The van der Waals surface area contributed by atoms with Crippen LogP contribution in [0.15, 0.2) is 30.3 Å². The van der Waals surface area contributed by atoms with Gasteiger partial charge in [-0.05, 0) is 18.2 Å². The van der Waals surface area contributed by atoms with E-state index in [0.717, 1.165) is 21.1 Å². The third-order valence-electron chi connectivity index (χ3n) is 5.13. The predicted molar refractivity (Wildman–Crippen MR) is 119 cm³/mol. The van der Waals surface area contributed by atoms with E-state index in [1.54, 1.807) is 19.1 Å². The second-order valence-electron chi connectivity index (χ2n) is 6.84. The van der Waals surface area contributed by atoms with Gasteiger partial charge in [0.2, 0.25) is 0 Å². The highest BCUT2D eigenvalue weighted by Gasteiger charge is 2.27. The average Bonchev–Trinajstić information content (AvgIpc) is 3.24. The Labute approximate surface area is 186 Å². The third-order valence-corrected chi connectivity index (χ3v) is 6.59. The first-order chi connectivity index (χ1) is 14.9. The molecular weight excluding hydrogens is 444 g/mol. The number of non-ortho nitro benzene ring substituents is 1. The fourth-order valence-corrected chi connectivity index (χ4v) is 4.80. The zero-order valence-electron chi connectivity index (χ0n) is 16.8. The minimum atomic E-state index is -0.541. The van der Waals surface area contributed by atoms with Gasteiger partial charge in [-0.15, -0.1) is 0 Å². The molecule has 31 heavy (non-hydrogen) atoms. The summed E-state index contributed by atoms with van der Waals surface area (Å²) in [5, 5.41) is 12.1. The number of carbonyl (C=O) groups excluding carboxylic acids is 1. The van der Waals surface area contributed by atoms with Gasteiger partial charge >= 0.3 is 0 Å². The van der Waals surface area contributed by atoms with Crippen LogP contribution >= 0.6 is 22.9 Å². The van der Waals surface area contributed by atoms with Gasteiger partial charge in [0.05, 0.1) is 29.7 Å². The van der Waals surface area contributed by atoms with Gasteiger partial charge in [-0.25, -0.2) is 4.98 Å². The van der Waals surface area contributed by atoms with Crippen molar-refractivity contribution in [3.05, 3.63) is 51.0 Å². The lowest BCUT2D eigenvalue weighted by Gasteiger charge is -2.34. The van der Waals surface area contributed by atoms with Gasteiger partial charge < -0.3 is 19.3 Å². The first-order valence-corrected chi connectivity index (χ1v) is 10.6. The van der Waals surface area contributed by atoms with Gasteiger partial charge in [0.15, 0.2) is 5.13 Å². The summed E-state index contributed by atoms with van der Waals surface area (Å²) in [4.78, 5) is 31.9. The number of aromatic nitrogens is 1. The van der Waals surface area contributed by atoms with E-state index >= 15 is 0 Å². The van der Waals surface area contributed by atoms with Crippen LogP contribution in [0.3, 0.4) is 0 Å². The molecule has 2 aromatic carbocycles. The molecule has 2 heterocycles. The molecule has 0 spiro atoms. The van der Waals surface area contributed by atoms with Crippen molar-refractivity contribution in [3.63, 3.8) is 0 Å². The summed E-state index contributed by atoms with van der Waals surface area (Å²) < 4.78 is 11.8. The van der Waals surface area contributed by atoms with Crippen LogP contribution in [0.4, 0.5) is 10.8 Å². The maximum atomic E-state index is 12.9. The summed E-state index contributed by atoms with van der Waals surface area (Å²) in [7, 11) is 3.22. The number of fused-ring (bicyclic) bond motifs is 1. The molecule has 0 saturated carbocycles. The summed E-state index contributed by atoms with van der Waals surface area (Å²) in [5.74, 6) is 1.09. The number of amides is 1. The lowest BCUT2D eigenvalue weighted by Crippen LogP contribution is -2.48. The van der Waals surface area contributed by atoms with Crippen molar-refractivity contribution in [2.75, 3.05) is 45.3 Å². The Hall–Kier alpha value is -3.11. The number of rotatable bonds is 5. The quantitative estimate of drug-likeness (QED) is 0.419. The molecule has 3 aromatic rings. The predicted octanol–water partition coefficient (Wildman–Crippen LogP) is 3.84. The van der Waals surface area contributed by atoms with Crippen molar-refractivity contribution in [2.24, 2.45) is 0 Å². The zero-order chi connectivity index (χ0) is 22.1. The first kappa shape index (κ1) is 21.1. The smallest absolute Gasteiger partial charge is 0.270 e. The Balaban J connectivity index is 1.52. The highest BCUT2D eigenvalue weighted by molar-refractivity contribution is 7.22. The molecular formula is C20H19ClN4O5S. The third kappa shape index (κ3) is 3.96. The highest BCUT2D eigenvalue weighted by Crippen LogP contribution is 2.40. The molecule has 1 saturated heterocycles. The molecule has 9 nitrogen and oxygen atoms in total. The Morgan fingerprint density at radius 2 is 1.81 bits per heavy atom. The van der Waals surface area contributed by atoms with Crippen molar-refractivity contribution in [1.29, 1.82) is 0 Å². The molecule has 0 N–H and O–H groups in total. The number of nitro benzene ring substituents is 1. The Morgan fingerprint density at radius 1 is 1.13 bits per heavy atom. The molecule has 0 bridgehead atoms. The van der Waals surface area contributed by atoms with Gasteiger partial charge in [0, 0.05) is 38.3 Å². The number of hydrogen-bond donors (Lipinski definition) is 0. The molecule has 1 aliphatic rings. The van der Waals surface area contributed by atoms with E-state index in [4.69, 9.17) is 26.1 Å². The topological polar surface area (TPSA) is 98.0 Å². The van der Waals surface area contributed by atoms with Crippen LogP contribution in [0.1, 0.15) is 10.4 Å². The van der Waals surface area contributed by atoms with E-state index in [0.29, 0.717) is 31.9 Å². The van der Waals surface area contributed by atoms with Crippen molar-refractivity contribution >= 4 is 49.9 Å². The second-order valence-corrected chi connectivity index (χ2v) is 8.23. The number of nitrogens with zero attached hydrogens (tertiary/aromatic N) is 4. The van der Waals surface area contributed by atoms with E-state index in [2.05, 4.69) is 4.90 Å². The van der Waals surface area contributed by atoms with E-state index in [1.165, 1.54) is 29.5 Å². The lowest BCUT2D eigenvalue weighted by molar-refractivity contribution is -0.384. The van der Waals surface area contributed by atoms with Crippen LogP contribution in [0.2, 0.25) is 5.02 Å². The number of anilines is 1. The Morgan fingerprint density at radius 3 is 2.45 bits per heavy atom. The van der Waals surface area contributed by atoms with Crippen molar-refractivity contribution in [3.8, 4) is 11.5 Å². The summed E-state index contributed by atoms with van der Waals surface area (Å²) >= 11 is 7.64. The van der Waals surface area contributed by atoms with Crippen LogP contribution in [-0.2, 0) is 0 Å². The fourth-order valence-electron chi connectivity index (χ4n) is 3.47. The summed E-state index contributed by atoms with van der Waals surface area (Å²) in [6, 6.07) is 7.56. The Kier molecular flexibility index (Phi) is 5.84. The molecule has 162 valence electrons. The fraction of sp³-hybridized carbons (Fsp3) is 0.300. The van der Waals surface area contributed by atoms with E-state index in [1.807, 2.05) is 12.1 Å². The maximum absolute atomic E-state index is 12.9. The maximum Gasteiger partial charge on any atom is 0.270 e. The number of benzene rings is 2. The standard InChI is InChI=1S/C20H19ClN4O5S/c1-29-15-5-6-16(30-2)18-17(15)22-20(31-18)24-9-7-23(8-10-24)19(26)13-11-12(25(27)28)3-4-14(13)21/h3-6,11H,7-10H2,1-2H3. The average molecular weight is 463 g/mol. The van der Waals surface area contributed by atoms with Crippen molar-refractivity contribution in [2.45, 2.75) is 0 Å². The van der Waals surface area contributed by atoms with E-state index in [9.17, 15) is 14.9 Å². The number of nitro groups is 1. The Bertz CT molecular complexity index is 1120. The van der Waals surface area contributed by atoms with E-state index < -0.39 is 4.92 Å². The van der Waals surface area contributed by atoms with Gasteiger partial charge in [0.25, 0.3) is 11.6 Å². The monoisotopic (exact) mass is 462 g/mol. The number of ether oxygens (including phenoxy) is 2. The van der Waals surface area contributed by atoms with Crippen molar-refractivity contribution in [1.82, 2.24) is 9.88 Å². The largest absolute Gasteiger partial charge is 0.495 e. The number of thiazole rings is 1. The van der Waals surface area contributed by atoms with Gasteiger partial charge in [-0.2, -0.15) is 0 Å². The minimum absolute atomic E-state index is 0.138. The molecule has 1 fully saturated rings. The molecule has 0 unspecified atom stereocenters. The van der Waals surface area contributed by atoms with Crippen LogP contribution in [0, 0.1) is 10.1 Å². The number of halogens is 1. The molecule has 0 aliphatic carbocycles. The number of methoxy groups -OCH3 is 2. The number of hydrogen-bond acceptors (Lipinski definition) is 8. The second kappa shape index (κ2) is 8.56. The molecule has 0 radical (unpaired) electrons.